The number of carboxylic acid groups (broad SMARTS) is 2. The monoisotopic (exact) mass is 345 g/mol. The molecule has 2 N–H and O–H groups in total. The maximum absolute atomic E-state index is 12.4. The fraction of sp³-hybridized carbons (Fsp3) is 0.278. The van der Waals surface area contributed by atoms with Crippen molar-refractivity contribution in [2.75, 3.05) is 32.8 Å². The minimum atomic E-state index is -1.82. The Bertz CT molecular complexity index is 750. The smallest absolute Gasteiger partial charge is 0.414 e. The molecule has 2 aromatic rings. The van der Waals surface area contributed by atoms with Gasteiger partial charge in [0.2, 0.25) is 0 Å². The van der Waals surface area contributed by atoms with E-state index in [-0.39, 0.29) is 5.78 Å². The normalized spacial score (nSPS) is 14.4. The van der Waals surface area contributed by atoms with E-state index in [1.165, 1.54) is 0 Å². The molecule has 0 bridgehead atoms. The average Bonchev–Trinajstić information content (AvgIpc) is 2.62. The molecule has 0 radical (unpaired) electrons. The topological polar surface area (TPSA) is 104 Å². The van der Waals surface area contributed by atoms with E-state index in [9.17, 15) is 4.79 Å². The molecule has 132 valence electrons. The van der Waals surface area contributed by atoms with E-state index in [4.69, 9.17) is 24.5 Å². The molecule has 1 aliphatic heterocycles. The van der Waals surface area contributed by atoms with Crippen molar-refractivity contribution in [1.82, 2.24) is 4.90 Å². The van der Waals surface area contributed by atoms with Crippen molar-refractivity contribution < 1.29 is 29.3 Å². The van der Waals surface area contributed by atoms with Crippen molar-refractivity contribution in [2.24, 2.45) is 0 Å². The minimum Gasteiger partial charge on any atom is -0.473 e. The van der Waals surface area contributed by atoms with Crippen LogP contribution in [0.1, 0.15) is 10.4 Å². The number of rotatable bonds is 3. The van der Waals surface area contributed by atoms with Gasteiger partial charge >= 0.3 is 11.9 Å². The zero-order chi connectivity index (χ0) is 18.2. The first kappa shape index (κ1) is 18.6. The van der Waals surface area contributed by atoms with E-state index < -0.39 is 11.9 Å². The highest BCUT2D eigenvalue weighted by molar-refractivity contribution is 6.27. The molecular formula is C18H19NO6. The quantitative estimate of drug-likeness (QED) is 0.642. The Kier molecular flexibility index (Phi) is 6.62. The van der Waals surface area contributed by atoms with Gasteiger partial charge in [0.1, 0.15) is 0 Å². The van der Waals surface area contributed by atoms with E-state index in [0.29, 0.717) is 6.54 Å². The van der Waals surface area contributed by atoms with Crippen LogP contribution in [0, 0.1) is 0 Å². The molecule has 0 aromatic heterocycles. The fourth-order valence-corrected chi connectivity index (χ4v) is 2.52. The lowest BCUT2D eigenvalue weighted by molar-refractivity contribution is -0.159. The summed E-state index contributed by atoms with van der Waals surface area (Å²) in [4.78, 5) is 32.8. The standard InChI is InChI=1S/C16H17NO2.C2H2O4/c18-16(12-17-8-10-19-11-9-17)15-7-3-5-13-4-1-2-6-14(13)15;3-1(4)2(5)6/h1-7H,8-12H2;(H,3,4)(H,5,6). The number of carbonyl (C=O) groups is 3. The second-order valence-corrected chi connectivity index (χ2v) is 5.45. The highest BCUT2D eigenvalue weighted by atomic mass is 16.5. The number of Topliss-reactive ketones (excluding diaryl/α,β-unsaturated/α-hetero) is 1. The van der Waals surface area contributed by atoms with Crippen molar-refractivity contribution >= 4 is 28.5 Å². The van der Waals surface area contributed by atoms with Crippen LogP contribution >= 0.6 is 0 Å². The molecule has 2 aromatic carbocycles. The van der Waals surface area contributed by atoms with Crippen molar-refractivity contribution in [3.05, 3.63) is 48.0 Å². The molecule has 0 saturated carbocycles. The van der Waals surface area contributed by atoms with E-state index in [1.807, 2.05) is 42.5 Å². The van der Waals surface area contributed by atoms with Crippen LogP contribution in [0.4, 0.5) is 0 Å². The van der Waals surface area contributed by atoms with Gasteiger partial charge in [-0.1, -0.05) is 42.5 Å². The third kappa shape index (κ3) is 5.37. The van der Waals surface area contributed by atoms with Crippen molar-refractivity contribution in [3.8, 4) is 0 Å². The highest BCUT2D eigenvalue weighted by Gasteiger charge is 2.16. The number of carbonyl (C=O) groups excluding carboxylic acids is 1. The zero-order valence-electron chi connectivity index (χ0n) is 13.6. The number of aliphatic carboxylic acids is 2. The molecule has 1 heterocycles. The van der Waals surface area contributed by atoms with Gasteiger partial charge in [-0.2, -0.15) is 0 Å². The summed E-state index contributed by atoms with van der Waals surface area (Å²) in [6.07, 6.45) is 0. The maximum Gasteiger partial charge on any atom is 0.414 e. The molecule has 0 spiro atoms. The molecule has 1 saturated heterocycles. The van der Waals surface area contributed by atoms with Gasteiger partial charge in [-0.3, -0.25) is 9.69 Å². The third-order valence-corrected chi connectivity index (χ3v) is 3.74. The maximum atomic E-state index is 12.4. The van der Waals surface area contributed by atoms with Gasteiger partial charge in [-0.25, -0.2) is 9.59 Å². The van der Waals surface area contributed by atoms with Crippen molar-refractivity contribution in [2.45, 2.75) is 0 Å². The first-order valence-corrected chi connectivity index (χ1v) is 7.76. The van der Waals surface area contributed by atoms with Gasteiger partial charge in [-0.15, -0.1) is 0 Å². The van der Waals surface area contributed by atoms with Crippen LogP contribution in [0.15, 0.2) is 42.5 Å². The van der Waals surface area contributed by atoms with Crippen LogP contribution in [0.3, 0.4) is 0 Å². The Morgan fingerprint density at radius 1 is 0.920 bits per heavy atom. The van der Waals surface area contributed by atoms with Gasteiger partial charge in [0.15, 0.2) is 5.78 Å². The Balaban J connectivity index is 0.000000326. The largest absolute Gasteiger partial charge is 0.473 e. The number of nitrogens with zero attached hydrogens (tertiary/aromatic N) is 1. The number of morpholine rings is 1. The molecule has 0 atom stereocenters. The van der Waals surface area contributed by atoms with Crippen LogP contribution in [0.25, 0.3) is 10.8 Å². The van der Waals surface area contributed by atoms with Gasteiger partial charge in [0.25, 0.3) is 0 Å². The lowest BCUT2D eigenvalue weighted by Gasteiger charge is -2.25. The molecule has 0 aliphatic carbocycles. The van der Waals surface area contributed by atoms with Gasteiger partial charge in [0.05, 0.1) is 19.8 Å². The molecule has 0 amide bonds. The molecule has 0 unspecified atom stereocenters. The number of hydrogen-bond donors (Lipinski definition) is 2. The average molecular weight is 345 g/mol. The second-order valence-electron chi connectivity index (χ2n) is 5.45. The van der Waals surface area contributed by atoms with E-state index in [0.717, 1.165) is 42.6 Å². The third-order valence-electron chi connectivity index (χ3n) is 3.74. The SMILES string of the molecule is O=C(CN1CCOCC1)c1cccc2ccccc12.O=C(O)C(=O)O. The van der Waals surface area contributed by atoms with Gasteiger partial charge in [0, 0.05) is 18.7 Å². The summed E-state index contributed by atoms with van der Waals surface area (Å²) in [5.41, 5.74) is 0.824. The van der Waals surface area contributed by atoms with Crippen LogP contribution in [-0.4, -0.2) is 65.7 Å². The number of hydrogen-bond acceptors (Lipinski definition) is 5. The molecule has 1 aliphatic rings. The van der Waals surface area contributed by atoms with E-state index >= 15 is 0 Å². The van der Waals surface area contributed by atoms with Crippen LogP contribution in [0.2, 0.25) is 0 Å². The lowest BCUT2D eigenvalue weighted by atomic mass is 10.0. The molecule has 1 fully saturated rings. The lowest BCUT2D eigenvalue weighted by Crippen LogP contribution is -2.39. The summed E-state index contributed by atoms with van der Waals surface area (Å²) >= 11 is 0. The summed E-state index contributed by atoms with van der Waals surface area (Å²) in [7, 11) is 0. The highest BCUT2D eigenvalue weighted by Crippen LogP contribution is 2.19. The molecule has 3 rings (SSSR count). The van der Waals surface area contributed by atoms with Gasteiger partial charge in [-0.05, 0) is 10.8 Å². The number of carboxylic acids is 2. The summed E-state index contributed by atoms with van der Waals surface area (Å²) in [5, 5.41) is 16.9. The van der Waals surface area contributed by atoms with Crippen LogP contribution < -0.4 is 0 Å². The van der Waals surface area contributed by atoms with Crippen molar-refractivity contribution in [1.29, 1.82) is 0 Å². The zero-order valence-corrected chi connectivity index (χ0v) is 13.6. The van der Waals surface area contributed by atoms with E-state index in [2.05, 4.69) is 4.90 Å². The summed E-state index contributed by atoms with van der Waals surface area (Å²) in [5.74, 6) is -3.45. The predicted octanol–water partition coefficient (Wildman–Crippen LogP) is 1.51. The Labute approximate surface area is 144 Å². The van der Waals surface area contributed by atoms with Gasteiger partial charge < -0.3 is 14.9 Å². The second kappa shape index (κ2) is 8.91. The van der Waals surface area contributed by atoms with E-state index in [1.54, 1.807) is 0 Å². The fourth-order valence-electron chi connectivity index (χ4n) is 2.52. The first-order chi connectivity index (χ1) is 12.0. The number of benzene rings is 2. The van der Waals surface area contributed by atoms with Crippen LogP contribution in [-0.2, 0) is 14.3 Å². The minimum absolute atomic E-state index is 0.193. The first-order valence-electron chi connectivity index (χ1n) is 7.76. The predicted molar refractivity (Wildman–Crippen MR) is 90.8 cm³/mol. The Morgan fingerprint density at radius 2 is 1.52 bits per heavy atom. The van der Waals surface area contributed by atoms with Crippen molar-refractivity contribution in [3.63, 3.8) is 0 Å². The molecular weight excluding hydrogens is 326 g/mol. The summed E-state index contributed by atoms with van der Waals surface area (Å²) in [6.45, 7) is 3.62. The molecule has 7 nitrogen and oxygen atoms in total. The summed E-state index contributed by atoms with van der Waals surface area (Å²) < 4.78 is 5.30. The Hall–Kier alpha value is -2.77. The Morgan fingerprint density at radius 3 is 2.16 bits per heavy atom. The molecule has 7 heteroatoms. The van der Waals surface area contributed by atoms with Crippen LogP contribution in [0.5, 0.6) is 0 Å². The number of ether oxygens (including phenoxy) is 1. The number of ketones is 1. The number of fused-ring (bicyclic) bond motifs is 1. The summed E-state index contributed by atoms with van der Waals surface area (Å²) in [6, 6.07) is 14.0. The molecule has 25 heavy (non-hydrogen) atoms.